The van der Waals surface area contributed by atoms with Gasteiger partial charge in [0.15, 0.2) is 0 Å². The molecule has 1 radical (unpaired) electrons. The van der Waals surface area contributed by atoms with E-state index < -0.39 is 0 Å². The molecule has 61 valence electrons. The molecule has 0 heterocycles. The van der Waals surface area contributed by atoms with E-state index in [4.69, 9.17) is 0 Å². The first-order chi connectivity index (χ1) is 5.41. The standard InChI is InChI=1S/C11H17/c1-3-5-7-9-11-10-8-6-4-2/h3,5-8H,1-2,4,9-11H2. The van der Waals surface area contributed by atoms with E-state index in [9.17, 15) is 0 Å². The summed E-state index contributed by atoms with van der Waals surface area (Å²) in [6, 6.07) is 0. The van der Waals surface area contributed by atoms with Crippen LogP contribution in [0, 0.1) is 6.92 Å². The van der Waals surface area contributed by atoms with Gasteiger partial charge in [-0.05, 0) is 32.6 Å². The van der Waals surface area contributed by atoms with E-state index in [-0.39, 0.29) is 0 Å². The summed E-state index contributed by atoms with van der Waals surface area (Å²) in [4.78, 5) is 0. The van der Waals surface area contributed by atoms with Gasteiger partial charge in [0.25, 0.3) is 0 Å². The van der Waals surface area contributed by atoms with Crippen molar-refractivity contribution in [1.29, 1.82) is 0 Å². The molecule has 0 aliphatic rings. The van der Waals surface area contributed by atoms with Crippen LogP contribution in [0.25, 0.3) is 0 Å². The van der Waals surface area contributed by atoms with Gasteiger partial charge in [0.1, 0.15) is 0 Å². The van der Waals surface area contributed by atoms with Gasteiger partial charge in [0.05, 0.1) is 0 Å². The number of hydrogen-bond acceptors (Lipinski definition) is 0. The van der Waals surface area contributed by atoms with Gasteiger partial charge in [0.2, 0.25) is 0 Å². The average molecular weight is 149 g/mol. The zero-order valence-corrected chi connectivity index (χ0v) is 7.13. The lowest BCUT2D eigenvalue weighted by Gasteiger charge is -1.88. The van der Waals surface area contributed by atoms with Crippen LogP contribution in [-0.4, -0.2) is 0 Å². The summed E-state index contributed by atoms with van der Waals surface area (Å²) < 4.78 is 0. The summed E-state index contributed by atoms with van der Waals surface area (Å²) in [5.41, 5.74) is 0. The molecule has 0 fully saturated rings. The molecule has 11 heavy (non-hydrogen) atoms. The number of unbranched alkanes of at least 4 members (excludes halogenated alkanes) is 2. The molecule has 0 nitrogen and oxygen atoms in total. The quantitative estimate of drug-likeness (QED) is 0.307. The molecule has 0 aromatic carbocycles. The fourth-order valence-corrected chi connectivity index (χ4v) is 0.782. The van der Waals surface area contributed by atoms with Gasteiger partial charge in [0, 0.05) is 0 Å². The Bertz CT molecular complexity index is 129. The molecule has 0 saturated carbocycles. The second-order valence-corrected chi connectivity index (χ2v) is 2.35. The number of hydrogen-bond donors (Lipinski definition) is 0. The van der Waals surface area contributed by atoms with Crippen molar-refractivity contribution in [2.24, 2.45) is 0 Å². The third-order valence-corrected chi connectivity index (χ3v) is 1.35. The lowest BCUT2D eigenvalue weighted by atomic mass is 10.2. The maximum atomic E-state index is 3.72. The molecular weight excluding hydrogens is 132 g/mol. The summed E-state index contributed by atoms with van der Waals surface area (Å²) in [6.45, 7) is 7.32. The van der Waals surface area contributed by atoms with Crippen LogP contribution in [0.3, 0.4) is 0 Å². The molecule has 0 aromatic heterocycles. The Balaban J connectivity index is 3.08. The highest BCUT2D eigenvalue weighted by Crippen LogP contribution is 1.98. The highest BCUT2D eigenvalue weighted by molar-refractivity contribution is 4.97. The first kappa shape index (κ1) is 10.2. The zero-order chi connectivity index (χ0) is 8.36. The van der Waals surface area contributed by atoms with E-state index in [0.717, 1.165) is 19.3 Å². The third-order valence-electron chi connectivity index (χ3n) is 1.35. The third kappa shape index (κ3) is 9.22. The van der Waals surface area contributed by atoms with Crippen molar-refractivity contribution in [2.75, 3.05) is 0 Å². The molecule has 0 aliphatic carbocycles. The summed E-state index contributed by atoms with van der Waals surface area (Å²) in [5.74, 6) is 0. The Labute approximate surface area is 70.3 Å². The minimum absolute atomic E-state index is 0.905. The summed E-state index contributed by atoms with van der Waals surface area (Å²) in [6.07, 6.45) is 14.7. The van der Waals surface area contributed by atoms with Crippen LogP contribution in [0.15, 0.2) is 37.0 Å². The van der Waals surface area contributed by atoms with E-state index in [2.05, 4.69) is 31.7 Å². The van der Waals surface area contributed by atoms with E-state index in [1.165, 1.54) is 6.42 Å². The number of allylic oxidation sites excluding steroid dienone is 5. The van der Waals surface area contributed by atoms with Crippen LogP contribution in [0.5, 0.6) is 0 Å². The van der Waals surface area contributed by atoms with Crippen LogP contribution in [0.4, 0.5) is 0 Å². The smallest absolute Gasteiger partial charge is 0.0345 e. The van der Waals surface area contributed by atoms with Crippen LogP contribution in [0.2, 0.25) is 0 Å². The molecule has 0 amide bonds. The molecule has 0 heteroatoms. The van der Waals surface area contributed by atoms with Gasteiger partial charge in [-0.3, -0.25) is 0 Å². The van der Waals surface area contributed by atoms with E-state index in [0.29, 0.717) is 0 Å². The lowest BCUT2D eigenvalue weighted by Crippen LogP contribution is -1.68. The Kier molecular flexibility index (Phi) is 8.57. The molecule has 0 bridgehead atoms. The molecule has 0 N–H and O–H groups in total. The largest absolute Gasteiger partial charge is 0.0991 e. The number of rotatable bonds is 6. The van der Waals surface area contributed by atoms with Crippen molar-refractivity contribution >= 4 is 0 Å². The Morgan fingerprint density at radius 2 is 1.73 bits per heavy atom. The Morgan fingerprint density at radius 3 is 2.36 bits per heavy atom. The highest BCUT2D eigenvalue weighted by Gasteiger charge is 1.78. The van der Waals surface area contributed by atoms with Gasteiger partial charge < -0.3 is 0 Å². The first-order valence-corrected chi connectivity index (χ1v) is 4.13. The molecule has 0 unspecified atom stereocenters. The zero-order valence-electron chi connectivity index (χ0n) is 7.13. The van der Waals surface area contributed by atoms with Gasteiger partial charge in [-0.1, -0.05) is 37.0 Å². The van der Waals surface area contributed by atoms with Crippen molar-refractivity contribution in [3.8, 4) is 0 Å². The minimum atomic E-state index is 0.905. The average Bonchev–Trinajstić information content (AvgIpc) is 2.03. The topological polar surface area (TPSA) is 0 Å². The molecule has 0 saturated heterocycles. The van der Waals surface area contributed by atoms with Crippen molar-refractivity contribution in [1.82, 2.24) is 0 Å². The molecular formula is C11H17. The highest BCUT2D eigenvalue weighted by atomic mass is 13.8. The van der Waals surface area contributed by atoms with Crippen molar-refractivity contribution in [2.45, 2.75) is 25.7 Å². The van der Waals surface area contributed by atoms with E-state index in [1.54, 1.807) is 0 Å². The normalized spacial score (nSPS) is 11.4. The van der Waals surface area contributed by atoms with Crippen LogP contribution >= 0.6 is 0 Å². The molecule has 0 aromatic rings. The predicted molar refractivity (Wildman–Crippen MR) is 52.3 cm³/mol. The molecule has 0 spiro atoms. The second-order valence-electron chi connectivity index (χ2n) is 2.35. The Morgan fingerprint density at radius 1 is 1.00 bits per heavy atom. The Hall–Kier alpha value is -0.780. The maximum absolute atomic E-state index is 3.72. The van der Waals surface area contributed by atoms with Crippen LogP contribution < -0.4 is 0 Å². The van der Waals surface area contributed by atoms with Crippen LogP contribution in [0.1, 0.15) is 25.7 Å². The summed E-state index contributed by atoms with van der Waals surface area (Å²) in [7, 11) is 0. The lowest BCUT2D eigenvalue weighted by molar-refractivity contribution is 0.866. The van der Waals surface area contributed by atoms with Gasteiger partial charge in [-0.25, -0.2) is 0 Å². The SMILES string of the molecule is [CH2]CC=CCCCC=CC=C. The van der Waals surface area contributed by atoms with Gasteiger partial charge in [-0.2, -0.15) is 0 Å². The van der Waals surface area contributed by atoms with Crippen molar-refractivity contribution in [3.63, 3.8) is 0 Å². The minimum Gasteiger partial charge on any atom is -0.0991 e. The van der Waals surface area contributed by atoms with Gasteiger partial charge >= 0.3 is 0 Å². The summed E-state index contributed by atoms with van der Waals surface area (Å²) in [5, 5.41) is 0. The monoisotopic (exact) mass is 149 g/mol. The van der Waals surface area contributed by atoms with Gasteiger partial charge in [-0.15, -0.1) is 0 Å². The molecule has 0 rings (SSSR count). The fraction of sp³-hybridized carbons (Fsp3) is 0.364. The molecule has 0 aliphatic heterocycles. The van der Waals surface area contributed by atoms with E-state index in [1.807, 2.05) is 12.2 Å². The van der Waals surface area contributed by atoms with Crippen molar-refractivity contribution < 1.29 is 0 Å². The predicted octanol–water partition coefficient (Wildman–Crippen LogP) is 3.68. The second kappa shape index (κ2) is 9.22. The van der Waals surface area contributed by atoms with Crippen LogP contribution in [-0.2, 0) is 0 Å². The molecule has 0 atom stereocenters. The maximum Gasteiger partial charge on any atom is -0.0345 e. The fourth-order valence-electron chi connectivity index (χ4n) is 0.782. The van der Waals surface area contributed by atoms with Crippen molar-refractivity contribution in [3.05, 3.63) is 43.9 Å². The van der Waals surface area contributed by atoms with E-state index >= 15 is 0 Å². The summed E-state index contributed by atoms with van der Waals surface area (Å²) >= 11 is 0. The first-order valence-electron chi connectivity index (χ1n) is 4.13.